The van der Waals surface area contributed by atoms with Crippen LogP contribution in [-0.4, -0.2) is 24.4 Å². The fourth-order valence-corrected chi connectivity index (χ4v) is 0.965. The number of rotatable bonds is 5. The third-order valence-corrected chi connectivity index (χ3v) is 1.80. The number of hydrogen-bond acceptors (Lipinski definition) is 2. The van der Waals surface area contributed by atoms with Crippen LogP contribution in [0.1, 0.15) is 26.2 Å². The molecule has 0 heterocycles. The molecule has 1 atom stereocenters. The largest absolute Gasteiger partial charge is 0.390 e. The number of hydrogen-bond donors (Lipinski definition) is 1. The molecule has 1 aliphatic rings. The van der Waals surface area contributed by atoms with Crippen molar-refractivity contribution < 1.29 is 9.84 Å². The van der Waals surface area contributed by atoms with E-state index in [1.54, 1.807) is 0 Å². The van der Waals surface area contributed by atoms with Crippen molar-refractivity contribution >= 4 is 0 Å². The summed E-state index contributed by atoms with van der Waals surface area (Å²) in [5.74, 6) is 0.553. The average Bonchev–Trinajstić information content (AvgIpc) is 2.69. The maximum Gasteiger partial charge on any atom is 0.0801 e. The summed E-state index contributed by atoms with van der Waals surface area (Å²) in [4.78, 5) is 0. The van der Waals surface area contributed by atoms with Crippen LogP contribution >= 0.6 is 0 Å². The molecule has 2 heteroatoms. The molecule has 1 fully saturated rings. The van der Waals surface area contributed by atoms with Gasteiger partial charge in [0.25, 0.3) is 0 Å². The van der Waals surface area contributed by atoms with E-state index in [9.17, 15) is 5.11 Å². The van der Waals surface area contributed by atoms with Crippen molar-refractivity contribution in [2.45, 2.75) is 32.3 Å². The maximum absolute atomic E-state index is 9.29. The molecule has 0 aromatic carbocycles. The first-order chi connectivity index (χ1) is 4.84. The summed E-state index contributed by atoms with van der Waals surface area (Å²) < 4.78 is 5.20. The van der Waals surface area contributed by atoms with E-state index < -0.39 is 0 Å². The lowest BCUT2D eigenvalue weighted by atomic mass is 10.2. The standard InChI is InChI=1S/C8H16O2/c1-2-5-10-6-8(9)7-3-4-7/h7-9H,2-6H2,1H3. The highest BCUT2D eigenvalue weighted by Crippen LogP contribution is 2.32. The molecule has 0 radical (unpaired) electrons. The molecule has 1 rings (SSSR count). The highest BCUT2D eigenvalue weighted by Gasteiger charge is 2.29. The molecule has 1 N–H and O–H groups in total. The Labute approximate surface area is 62.2 Å². The number of aliphatic hydroxyl groups is 1. The van der Waals surface area contributed by atoms with Crippen LogP contribution in [0.5, 0.6) is 0 Å². The van der Waals surface area contributed by atoms with Crippen LogP contribution in [0.3, 0.4) is 0 Å². The smallest absolute Gasteiger partial charge is 0.0801 e. The van der Waals surface area contributed by atoms with E-state index in [0.717, 1.165) is 13.0 Å². The van der Waals surface area contributed by atoms with Crippen molar-refractivity contribution in [3.63, 3.8) is 0 Å². The van der Waals surface area contributed by atoms with Crippen molar-refractivity contribution in [2.24, 2.45) is 5.92 Å². The normalized spacial score (nSPS) is 21.0. The predicted octanol–water partition coefficient (Wildman–Crippen LogP) is 1.18. The molecule has 0 saturated heterocycles. The van der Waals surface area contributed by atoms with Crippen molar-refractivity contribution in [2.75, 3.05) is 13.2 Å². The average molecular weight is 144 g/mol. The Balaban J connectivity index is 1.90. The summed E-state index contributed by atoms with van der Waals surface area (Å²) in [5, 5.41) is 9.29. The zero-order chi connectivity index (χ0) is 7.40. The van der Waals surface area contributed by atoms with E-state index in [0.29, 0.717) is 12.5 Å². The second-order valence-corrected chi connectivity index (χ2v) is 2.98. The molecule has 0 aromatic rings. The molecule has 0 spiro atoms. The summed E-state index contributed by atoms with van der Waals surface area (Å²) in [6, 6.07) is 0. The first-order valence-electron chi connectivity index (χ1n) is 4.10. The topological polar surface area (TPSA) is 29.5 Å². The van der Waals surface area contributed by atoms with Crippen LogP contribution in [-0.2, 0) is 4.74 Å². The van der Waals surface area contributed by atoms with Gasteiger partial charge in [-0.2, -0.15) is 0 Å². The molecule has 0 bridgehead atoms. The fraction of sp³-hybridized carbons (Fsp3) is 1.00. The Bertz CT molecular complexity index is 89.3. The van der Waals surface area contributed by atoms with Crippen LogP contribution in [0.25, 0.3) is 0 Å². The summed E-state index contributed by atoms with van der Waals surface area (Å²) >= 11 is 0. The van der Waals surface area contributed by atoms with Gasteiger partial charge in [0.2, 0.25) is 0 Å². The molecule has 1 aliphatic carbocycles. The van der Waals surface area contributed by atoms with Gasteiger partial charge in [0.1, 0.15) is 0 Å². The lowest BCUT2D eigenvalue weighted by Gasteiger charge is -2.08. The van der Waals surface area contributed by atoms with Crippen molar-refractivity contribution in [1.82, 2.24) is 0 Å². The third-order valence-electron chi connectivity index (χ3n) is 1.80. The Morgan fingerprint density at radius 3 is 2.80 bits per heavy atom. The molecule has 10 heavy (non-hydrogen) atoms. The molecular weight excluding hydrogens is 128 g/mol. The Morgan fingerprint density at radius 2 is 2.30 bits per heavy atom. The first kappa shape index (κ1) is 8.02. The monoisotopic (exact) mass is 144 g/mol. The van der Waals surface area contributed by atoms with E-state index in [1.165, 1.54) is 12.8 Å². The van der Waals surface area contributed by atoms with E-state index in [-0.39, 0.29) is 6.10 Å². The summed E-state index contributed by atoms with van der Waals surface area (Å²) in [7, 11) is 0. The third kappa shape index (κ3) is 2.67. The van der Waals surface area contributed by atoms with Gasteiger partial charge in [0.05, 0.1) is 12.7 Å². The van der Waals surface area contributed by atoms with Gasteiger partial charge in [-0.3, -0.25) is 0 Å². The summed E-state index contributed by atoms with van der Waals surface area (Å²) in [6.07, 6.45) is 3.23. The van der Waals surface area contributed by atoms with Crippen LogP contribution < -0.4 is 0 Å². The second-order valence-electron chi connectivity index (χ2n) is 2.98. The molecule has 2 nitrogen and oxygen atoms in total. The van der Waals surface area contributed by atoms with Crippen molar-refractivity contribution in [3.05, 3.63) is 0 Å². The van der Waals surface area contributed by atoms with E-state index in [2.05, 4.69) is 6.92 Å². The van der Waals surface area contributed by atoms with E-state index in [4.69, 9.17) is 4.74 Å². The maximum atomic E-state index is 9.29. The number of aliphatic hydroxyl groups excluding tert-OH is 1. The van der Waals surface area contributed by atoms with Crippen molar-refractivity contribution in [3.8, 4) is 0 Å². The summed E-state index contributed by atoms with van der Waals surface area (Å²) in [5.41, 5.74) is 0. The zero-order valence-electron chi connectivity index (χ0n) is 6.55. The minimum absolute atomic E-state index is 0.188. The van der Waals surface area contributed by atoms with Gasteiger partial charge in [0.15, 0.2) is 0 Å². The fourth-order valence-electron chi connectivity index (χ4n) is 0.965. The number of ether oxygens (including phenoxy) is 1. The minimum atomic E-state index is -0.188. The Morgan fingerprint density at radius 1 is 1.60 bits per heavy atom. The van der Waals surface area contributed by atoms with Gasteiger partial charge < -0.3 is 9.84 Å². The van der Waals surface area contributed by atoms with Crippen LogP contribution in [0.2, 0.25) is 0 Å². The van der Waals surface area contributed by atoms with Gasteiger partial charge in [-0.05, 0) is 25.2 Å². The molecular formula is C8H16O2. The second kappa shape index (κ2) is 3.94. The molecule has 0 aromatic heterocycles. The quantitative estimate of drug-likeness (QED) is 0.587. The minimum Gasteiger partial charge on any atom is -0.390 e. The van der Waals surface area contributed by atoms with Gasteiger partial charge in [-0.25, -0.2) is 0 Å². The molecule has 0 amide bonds. The first-order valence-corrected chi connectivity index (χ1v) is 4.10. The van der Waals surface area contributed by atoms with Gasteiger partial charge in [0, 0.05) is 6.61 Å². The van der Waals surface area contributed by atoms with E-state index >= 15 is 0 Å². The molecule has 1 unspecified atom stereocenters. The molecule has 1 saturated carbocycles. The molecule has 60 valence electrons. The lowest BCUT2D eigenvalue weighted by molar-refractivity contribution is 0.0258. The van der Waals surface area contributed by atoms with Gasteiger partial charge in [-0.15, -0.1) is 0 Å². The lowest BCUT2D eigenvalue weighted by Crippen LogP contribution is -2.17. The van der Waals surface area contributed by atoms with Gasteiger partial charge >= 0.3 is 0 Å². The van der Waals surface area contributed by atoms with Crippen LogP contribution in [0.15, 0.2) is 0 Å². The predicted molar refractivity (Wildman–Crippen MR) is 39.8 cm³/mol. The summed E-state index contributed by atoms with van der Waals surface area (Å²) in [6.45, 7) is 3.39. The molecule has 0 aliphatic heterocycles. The van der Waals surface area contributed by atoms with Crippen molar-refractivity contribution in [1.29, 1.82) is 0 Å². The Hall–Kier alpha value is -0.0800. The SMILES string of the molecule is CCCOCC(O)C1CC1. The van der Waals surface area contributed by atoms with Crippen LogP contribution in [0, 0.1) is 5.92 Å². The highest BCUT2D eigenvalue weighted by molar-refractivity contribution is 4.80. The van der Waals surface area contributed by atoms with E-state index in [1.807, 2.05) is 0 Å². The van der Waals surface area contributed by atoms with Crippen LogP contribution in [0.4, 0.5) is 0 Å². The highest BCUT2D eigenvalue weighted by atomic mass is 16.5. The Kier molecular flexibility index (Phi) is 3.16. The zero-order valence-corrected chi connectivity index (χ0v) is 6.55. The van der Waals surface area contributed by atoms with Gasteiger partial charge in [-0.1, -0.05) is 6.92 Å².